The summed E-state index contributed by atoms with van der Waals surface area (Å²) < 4.78 is 32.2. The fraction of sp³-hybridized carbons (Fsp3) is 0.417. The molecule has 1 aliphatic heterocycles. The number of benzene rings is 1. The lowest BCUT2D eigenvalue weighted by Gasteiger charge is -2.21. The summed E-state index contributed by atoms with van der Waals surface area (Å²) in [5.41, 5.74) is 0.712. The van der Waals surface area contributed by atoms with Crippen molar-refractivity contribution in [3.63, 3.8) is 0 Å². The number of fused-ring (bicyclic) bond motifs is 1. The van der Waals surface area contributed by atoms with E-state index in [1.165, 1.54) is 7.05 Å². The van der Waals surface area contributed by atoms with Gasteiger partial charge in [0.1, 0.15) is 17.0 Å². The summed E-state index contributed by atoms with van der Waals surface area (Å²) in [5, 5.41) is 0. The highest BCUT2D eigenvalue weighted by molar-refractivity contribution is 7.91. The Bertz CT molecular complexity index is 610. The highest BCUT2D eigenvalue weighted by Crippen LogP contribution is 2.42. The van der Waals surface area contributed by atoms with Crippen LogP contribution in [-0.4, -0.2) is 27.5 Å². The molecule has 1 amide bonds. The second kappa shape index (κ2) is 4.50. The Balaban J connectivity index is 2.54. The molecule has 1 aromatic carbocycles. The molecule has 1 aromatic rings. The average molecular weight is 284 g/mol. The molecule has 0 saturated heterocycles. The van der Waals surface area contributed by atoms with Gasteiger partial charge in [-0.3, -0.25) is 4.79 Å². The van der Waals surface area contributed by atoms with Gasteiger partial charge < -0.3 is 4.74 Å². The number of ether oxygens (including phenoxy) is 1. The summed E-state index contributed by atoms with van der Waals surface area (Å²) >= 11 is 0. The molecule has 1 heterocycles. The normalized spacial score (nSPS) is 16.6. The van der Waals surface area contributed by atoms with Crippen molar-refractivity contribution in [2.75, 3.05) is 11.4 Å². The molecule has 19 heavy (non-hydrogen) atoms. The van der Waals surface area contributed by atoms with Gasteiger partial charge in [-0.05, 0) is 19.9 Å². The lowest BCUT2D eigenvalue weighted by molar-refractivity contribution is -0.106. The largest absolute Gasteiger partial charge is 0.485 e. The lowest BCUT2D eigenvalue weighted by Crippen LogP contribution is -2.38. The van der Waals surface area contributed by atoms with E-state index in [1.807, 2.05) is 19.9 Å². The standard InChI is InChI=1S/C12H16N2O4S/c1-12(2)7-9-5-4-6-10(11(9)18-12)14(8-15)19(16,17)13-3/h4-6,8,13H,7H2,1-3H3. The Morgan fingerprint density at radius 2 is 2.11 bits per heavy atom. The van der Waals surface area contributed by atoms with Crippen LogP contribution in [0.2, 0.25) is 0 Å². The Morgan fingerprint density at radius 1 is 1.42 bits per heavy atom. The van der Waals surface area contributed by atoms with E-state index >= 15 is 0 Å². The van der Waals surface area contributed by atoms with Gasteiger partial charge in [-0.1, -0.05) is 12.1 Å². The van der Waals surface area contributed by atoms with Crippen LogP contribution in [0.15, 0.2) is 18.2 Å². The predicted molar refractivity (Wildman–Crippen MR) is 71.4 cm³/mol. The molecule has 1 N–H and O–H groups in total. The third kappa shape index (κ3) is 2.43. The number of hydrogen-bond acceptors (Lipinski definition) is 4. The lowest BCUT2D eigenvalue weighted by atomic mass is 10.0. The van der Waals surface area contributed by atoms with Crippen LogP contribution >= 0.6 is 0 Å². The van der Waals surface area contributed by atoms with Crippen molar-refractivity contribution in [3.8, 4) is 5.75 Å². The van der Waals surface area contributed by atoms with E-state index in [1.54, 1.807) is 12.1 Å². The highest BCUT2D eigenvalue weighted by Gasteiger charge is 2.34. The number of hydrogen-bond donors (Lipinski definition) is 1. The fourth-order valence-electron chi connectivity index (χ4n) is 2.11. The molecule has 6 nitrogen and oxygen atoms in total. The van der Waals surface area contributed by atoms with Gasteiger partial charge in [0.2, 0.25) is 6.41 Å². The van der Waals surface area contributed by atoms with Gasteiger partial charge in [0.25, 0.3) is 0 Å². The van der Waals surface area contributed by atoms with E-state index in [4.69, 9.17) is 4.74 Å². The molecule has 0 radical (unpaired) electrons. The van der Waals surface area contributed by atoms with Crippen LogP contribution in [0, 0.1) is 0 Å². The number of carbonyl (C=O) groups is 1. The van der Waals surface area contributed by atoms with E-state index in [0.29, 0.717) is 16.5 Å². The first kappa shape index (κ1) is 13.8. The van der Waals surface area contributed by atoms with E-state index in [2.05, 4.69) is 4.72 Å². The Hall–Kier alpha value is -1.60. The third-order valence-corrected chi connectivity index (χ3v) is 4.24. The van der Waals surface area contributed by atoms with Gasteiger partial charge in [0.15, 0.2) is 0 Å². The first-order chi connectivity index (χ1) is 8.80. The van der Waals surface area contributed by atoms with Gasteiger partial charge in [0, 0.05) is 19.0 Å². The molecular formula is C12H16N2O4S. The molecule has 2 rings (SSSR count). The summed E-state index contributed by atoms with van der Waals surface area (Å²) in [7, 11) is -2.64. The number of carbonyl (C=O) groups excluding carboxylic acids is 1. The third-order valence-electron chi connectivity index (χ3n) is 2.92. The maximum Gasteiger partial charge on any atom is 0.307 e. The number of anilines is 1. The van der Waals surface area contributed by atoms with Crippen molar-refractivity contribution in [2.24, 2.45) is 0 Å². The van der Waals surface area contributed by atoms with E-state index in [0.717, 1.165) is 5.56 Å². The van der Waals surface area contributed by atoms with Crippen molar-refractivity contribution in [2.45, 2.75) is 25.9 Å². The summed E-state index contributed by atoms with van der Waals surface area (Å²) in [6.07, 6.45) is 0.929. The SMILES string of the molecule is CNS(=O)(=O)N(C=O)c1cccc2c1OC(C)(C)C2. The summed E-state index contributed by atoms with van der Waals surface area (Å²) in [6, 6.07) is 5.12. The van der Waals surface area contributed by atoms with E-state index in [-0.39, 0.29) is 12.1 Å². The number of amides is 1. The first-order valence-electron chi connectivity index (χ1n) is 5.80. The van der Waals surface area contributed by atoms with Crippen LogP contribution in [0.1, 0.15) is 19.4 Å². The molecule has 0 unspecified atom stereocenters. The number of rotatable bonds is 4. The number of para-hydroxylation sites is 1. The van der Waals surface area contributed by atoms with Crippen molar-refractivity contribution in [1.29, 1.82) is 0 Å². The number of nitrogens with zero attached hydrogens (tertiary/aromatic N) is 1. The molecule has 0 aliphatic carbocycles. The van der Waals surface area contributed by atoms with Crippen LogP contribution in [-0.2, 0) is 21.4 Å². The fourth-order valence-corrected chi connectivity index (χ4v) is 2.83. The summed E-state index contributed by atoms with van der Waals surface area (Å²) in [4.78, 5) is 11.1. The first-order valence-corrected chi connectivity index (χ1v) is 7.24. The molecular weight excluding hydrogens is 268 g/mol. The van der Waals surface area contributed by atoms with Gasteiger partial charge in [-0.25, -0.2) is 4.72 Å². The Morgan fingerprint density at radius 3 is 2.68 bits per heavy atom. The molecule has 0 bridgehead atoms. The Kier molecular flexibility index (Phi) is 3.27. The van der Waals surface area contributed by atoms with Gasteiger partial charge in [0.05, 0.1) is 0 Å². The van der Waals surface area contributed by atoms with Crippen LogP contribution in [0.25, 0.3) is 0 Å². The average Bonchev–Trinajstić information content (AvgIpc) is 2.64. The van der Waals surface area contributed by atoms with Gasteiger partial charge >= 0.3 is 10.2 Å². The predicted octanol–water partition coefficient (Wildman–Crippen LogP) is 0.827. The molecule has 0 spiro atoms. The van der Waals surface area contributed by atoms with Crippen LogP contribution in [0.4, 0.5) is 5.69 Å². The van der Waals surface area contributed by atoms with E-state index < -0.39 is 15.8 Å². The molecule has 104 valence electrons. The quantitative estimate of drug-likeness (QED) is 0.831. The van der Waals surface area contributed by atoms with Crippen molar-refractivity contribution in [3.05, 3.63) is 23.8 Å². The minimum absolute atomic E-state index is 0.229. The molecule has 0 atom stereocenters. The maximum atomic E-state index is 11.8. The maximum absolute atomic E-state index is 11.8. The molecule has 1 aliphatic rings. The molecule has 0 aromatic heterocycles. The van der Waals surface area contributed by atoms with Gasteiger partial charge in [-0.15, -0.1) is 0 Å². The van der Waals surface area contributed by atoms with Gasteiger partial charge in [-0.2, -0.15) is 12.7 Å². The summed E-state index contributed by atoms with van der Waals surface area (Å²) in [5.74, 6) is 0.443. The topological polar surface area (TPSA) is 75.7 Å². The van der Waals surface area contributed by atoms with Crippen LogP contribution in [0.3, 0.4) is 0 Å². The zero-order valence-electron chi connectivity index (χ0n) is 11.0. The Labute approximate surface area is 112 Å². The van der Waals surface area contributed by atoms with E-state index in [9.17, 15) is 13.2 Å². The minimum Gasteiger partial charge on any atom is -0.485 e. The monoisotopic (exact) mass is 284 g/mol. The van der Waals surface area contributed by atoms with Crippen LogP contribution in [0.5, 0.6) is 5.75 Å². The molecule has 0 saturated carbocycles. The van der Waals surface area contributed by atoms with Crippen molar-refractivity contribution < 1.29 is 17.9 Å². The molecule has 0 fully saturated rings. The summed E-state index contributed by atoms with van der Waals surface area (Å²) in [6.45, 7) is 3.82. The van der Waals surface area contributed by atoms with Crippen molar-refractivity contribution >= 4 is 22.3 Å². The zero-order valence-corrected chi connectivity index (χ0v) is 11.8. The second-order valence-electron chi connectivity index (χ2n) is 4.91. The highest BCUT2D eigenvalue weighted by atomic mass is 32.2. The second-order valence-corrected chi connectivity index (χ2v) is 6.67. The van der Waals surface area contributed by atoms with Crippen LogP contribution < -0.4 is 13.8 Å². The van der Waals surface area contributed by atoms with Crippen molar-refractivity contribution in [1.82, 2.24) is 4.72 Å². The zero-order chi connectivity index (χ0) is 14.3. The smallest absolute Gasteiger partial charge is 0.307 e. The molecule has 7 heteroatoms. The number of nitrogens with one attached hydrogen (secondary N) is 1. The minimum atomic E-state index is -3.89.